The van der Waals surface area contributed by atoms with Crippen LogP contribution in [0.5, 0.6) is 17.2 Å². The van der Waals surface area contributed by atoms with Crippen molar-refractivity contribution in [1.29, 1.82) is 0 Å². The number of aliphatic carboxylic acids is 1. The molecule has 2 aromatic carbocycles. The molecule has 1 fully saturated rings. The van der Waals surface area contributed by atoms with Gasteiger partial charge in [-0.05, 0) is 68.6 Å². The van der Waals surface area contributed by atoms with Crippen LogP contribution in [0, 0.1) is 0 Å². The average Bonchev–Trinajstić information content (AvgIpc) is 2.86. The molecule has 1 atom stereocenters. The predicted octanol–water partition coefficient (Wildman–Crippen LogP) is 4.11. The number of carbonyl (C=O) groups is 2. The number of unbranched alkanes of at least 4 members (excludes halogenated alkanes) is 1. The summed E-state index contributed by atoms with van der Waals surface area (Å²) in [4.78, 5) is 20.8. The largest absolute Gasteiger partial charge is 0.497 e. The standard InChI is InChI=1S/C14H12O3.C6H14N2O2.C6H13N/c1-16-12-5-7-13(8-6-12)17-14-4-2-3-11(9-14)10-15;7-4-2-1-3-5(8)6(9)10;7-6-4-2-1-3-5-6/h2-10H,1H3;5H,1-4,7-8H2,(H,9,10);6H,1-5,7H2/t;5-;/m.0./s1. The van der Waals surface area contributed by atoms with E-state index in [2.05, 4.69) is 0 Å². The zero-order valence-corrected chi connectivity index (χ0v) is 20.0. The minimum atomic E-state index is -0.933. The number of carboxylic acids is 1. The van der Waals surface area contributed by atoms with Crippen molar-refractivity contribution in [3.63, 3.8) is 0 Å². The Labute approximate surface area is 202 Å². The van der Waals surface area contributed by atoms with Crippen molar-refractivity contribution in [1.82, 2.24) is 0 Å². The van der Waals surface area contributed by atoms with Gasteiger partial charge in [-0.25, -0.2) is 0 Å². The van der Waals surface area contributed by atoms with Gasteiger partial charge in [0.05, 0.1) is 7.11 Å². The van der Waals surface area contributed by atoms with E-state index in [9.17, 15) is 9.59 Å². The maximum absolute atomic E-state index is 10.6. The van der Waals surface area contributed by atoms with Crippen molar-refractivity contribution in [2.45, 2.75) is 63.5 Å². The molecule has 0 radical (unpaired) electrons. The molecular weight excluding hydrogens is 434 g/mol. The summed E-state index contributed by atoms with van der Waals surface area (Å²) in [5, 5.41) is 8.33. The summed E-state index contributed by atoms with van der Waals surface area (Å²) < 4.78 is 10.7. The first-order valence-corrected chi connectivity index (χ1v) is 11.7. The van der Waals surface area contributed by atoms with Crippen LogP contribution < -0.4 is 26.7 Å². The van der Waals surface area contributed by atoms with Crippen LogP contribution in [-0.2, 0) is 4.79 Å². The molecule has 8 nitrogen and oxygen atoms in total. The van der Waals surface area contributed by atoms with E-state index in [0.717, 1.165) is 24.9 Å². The first-order valence-electron chi connectivity index (χ1n) is 11.7. The number of benzene rings is 2. The minimum absolute atomic E-state index is 0.520. The van der Waals surface area contributed by atoms with Crippen LogP contribution in [0.25, 0.3) is 0 Å². The van der Waals surface area contributed by atoms with Gasteiger partial charge >= 0.3 is 5.97 Å². The summed E-state index contributed by atoms with van der Waals surface area (Å²) in [5.74, 6) is 1.18. The number of carbonyl (C=O) groups excluding carboxylic acids is 1. The van der Waals surface area contributed by atoms with Crippen molar-refractivity contribution < 1.29 is 24.2 Å². The van der Waals surface area contributed by atoms with Crippen LogP contribution in [0.4, 0.5) is 0 Å². The highest BCUT2D eigenvalue weighted by molar-refractivity contribution is 5.75. The topological polar surface area (TPSA) is 151 Å². The molecule has 0 aliphatic heterocycles. The predicted molar refractivity (Wildman–Crippen MR) is 134 cm³/mol. The lowest BCUT2D eigenvalue weighted by atomic mass is 9.97. The van der Waals surface area contributed by atoms with Crippen LogP contribution in [0.1, 0.15) is 61.7 Å². The molecule has 0 saturated heterocycles. The lowest BCUT2D eigenvalue weighted by Crippen LogP contribution is -2.29. The third-order valence-corrected chi connectivity index (χ3v) is 5.23. The quantitative estimate of drug-likeness (QED) is 0.314. The van der Waals surface area contributed by atoms with E-state index in [1.54, 1.807) is 31.4 Å². The second kappa shape index (κ2) is 17.5. The fraction of sp³-hybridized carbons (Fsp3) is 0.462. The number of hydrogen-bond donors (Lipinski definition) is 4. The molecule has 1 saturated carbocycles. The lowest BCUT2D eigenvalue weighted by Gasteiger charge is -2.15. The molecule has 0 heterocycles. The average molecular weight is 474 g/mol. The normalized spacial score (nSPS) is 13.9. The van der Waals surface area contributed by atoms with Gasteiger partial charge in [0.2, 0.25) is 0 Å². The van der Waals surface area contributed by atoms with E-state index in [4.69, 9.17) is 31.8 Å². The highest BCUT2D eigenvalue weighted by atomic mass is 16.5. The number of rotatable bonds is 9. The number of nitrogens with two attached hydrogens (primary N) is 3. The Morgan fingerprint density at radius 1 is 1.06 bits per heavy atom. The number of carboxylic acid groups (broad SMARTS) is 1. The van der Waals surface area contributed by atoms with Gasteiger partial charge < -0.3 is 31.8 Å². The molecule has 0 unspecified atom stereocenters. The maximum atomic E-state index is 10.6. The third-order valence-electron chi connectivity index (χ3n) is 5.23. The second-order valence-electron chi connectivity index (χ2n) is 8.10. The molecule has 8 heteroatoms. The molecule has 34 heavy (non-hydrogen) atoms. The zero-order valence-electron chi connectivity index (χ0n) is 20.0. The number of aldehydes is 1. The molecule has 0 spiro atoms. The molecule has 1 aliphatic rings. The van der Waals surface area contributed by atoms with Gasteiger partial charge in [-0.1, -0.05) is 37.8 Å². The smallest absolute Gasteiger partial charge is 0.320 e. The van der Waals surface area contributed by atoms with E-state index in [1.807, 2.05) is 24.3 Å². The summed E-state index contributed by atoms with van der Waals surface area (Å²) in [6.45, 7) is 0.604. The first-order chi connectivity index (χ1) is 16.4. The van der Waals surface area contributed by atoms with Gasteiger partial charge in [0, 0.05) is 11.6 Å². The summed E-state index contributed by atoms with van der Waals surface area (Å²) in [5.41, 5.74) is 16.6. The van der Waals surface area contributed by atoms with Crippen LogP contribution in [0.2, 0.25) is 0 Å². The van der Waals surface area contributed by atoms with E-state index >= 15 is 0 Å². The fourth-order valence-electron chi connectivity index (χ4n) is 3.20. The molecule has 3 rings (SSSR count). The highest BCUT2D eigenvalue weighted by Crippen LogP contribution is 2.24. The van der Waals surface area contributed by atoms with E-state index < -0.39 is 12.0 Å². The van der Waals surface area contributed by atoms with Crippen LogP contribution in [-0.4, -0.2) is 43.1 Å². The number of hydrogen-bond acceptors (Lipinski definition) is 7. The zero-order chi connectivity index (χ0) is 25.2. The number of methoxy groups -OCH3 is 1. The van der Waals surface area contributed by atoms with Crippen molar-refractivity contribution in [3.8, 4) is 17.2 Å². The molecule has 1 aliphatic carbocycles. The lowest BCUT2D eigenvalue weighted by molar-refractivity contribution is -0.138. The molecule has 2 aromatic rings. The molecular formula is C26H39N3O5. The van der Waals surface area contributed by atoms with E-state index in [-0.39, 0.29) is 0 Å². The van der Waals surface area contributed by atoms with Gasteiger partial charge in [-0.3, -0.25) is 9.59 Å². The molecule has 0 amide bonds. The van der Waals surface area contributed by atoms with Crippen molar-refractivity contribution in [2.24, 2.45) is 17.2 Å². The summed E-state index contributed by atoms with van der Waals surface area (Å²) in [6.07, 6.45) is 9.62. The van der Waals surface area contributed by atoms with Gasteiger partial charge in [0.15, 0.2) is 0 Å². The van der Waals surface area contributed by atoms with Gasteiger partial charge in [-0.2, -0.15) is 0 Å². The number of ether oxygens (including phenoxy) is 2. The Hall–Kier alpha value is -2.94. The van der Waals surface area contributed by atoms with E-state index in [0.29, 0.717) is 36.1 Å². The fourth-order valence-corrected chi connectivity index (χ4v) is 3.20. The van der Waals surface area contributed by atoms with Gasteiger partial charge in [0.1, 0.15) is 29.6 Å². The van der Waals surface area contributed by atoms with Crippen LogP contribution >= 0.6 is 0 Å². The van der Waals surface area contributed by atoms with Gasteiger partial charge in [0.25, 0.3) is 0 Å². The summed E-state index contributed by atoms with van der Waals surface area (Å²) >= 11 is 0. The summed E-state index contributed by atoms with van der Waals surface area (Å²) in [6, 6.07) is 14.1. The van der Waals surface area contributed by atoms with Crippen molar-refractivity contribution >= 4 is 12.3 Å². The Morgan fingerprint density at radius 2 is 1.71 bits per heavy atom. The Bertz CT molecular complexity index is 823. The Balaban J connectivity index is 0.000000288. The second-order valence-corrected chi connectivity index (χ2v) is 8.10. The summed E-state index contributed by atoms with van der Waals surface area (Å²) in [7, 11) is 1.61. The molecule has 0 bridgehead atoms. The van der Waals surface area contributed by atoms with Gasteiger partial charge in [-0.15, -0.1) is 0 Å². The molecule has 0 aromatic heterocycles. The first kappa shape index (κ1) is 29.1. The van der Waals surface area contributed by atoms with E-state index in [1.165, 1.54) is 32.1 Å². The SMILES string of the molecule is COc1ccc(Oc2cccc(C=O)c2)cc1.NC1CCCCC1.NCCCC[C@H](N)C(=O)O. The Morgan fingerprint density at radius 3 is 2.21 bits per heavy atom. The monoisotopic (exact) mass is 473 g/mol. The maximum Gasteiger partial charge on any atom is 0.320 e. The minimum Gasteiger partial charge on any atom is -0.497 e. The third kappa shape index (κ3) is 12.9. The highest BCUT2D eigenvalue weighted by Gasteiger charge is 2.09. The molecule has 188 valence electrons. The van der Waals surface area contributed by atoms with Crippen molar-refractivity contribution in [3.05, 3.63) is 54.1 Å². The molecule has 7 N–H and O–H groups in total. The van der Waals surface area contributed by atoms with Crippen LogP contribution in [0.15, 0.2) is 48.5 Å². The van der Waals surface area contributed by atoms with Crippen molar-refractivity contribution in [2.75, 3.05) is 13.7 Å². The van der Waals surface area contributed by atoms with Crippen LogP contribution in [0.3, 0.4) is 0 Å². The Kier molecular flexibility index (Phi) is 15.0.